The van der Waals surface area contributed by atoms with Gasteiger partial charge in [-0.2, -0.15) is 4.98 Å². The van der Waals surface area contributed by atoms with Gasteiger partial charge in [-0.3, -0.25) is 9.80 Å². The zero-order valence-corrected chi connectivity index (χ0v) is 22.9. The first-order chi connectivity index (χ1) is 18.4. The van der Waals surface area contributed by atoms with Crippen molar-refractivity contribution in [2.75, 3.05) is 39.8 Å². The number of aliphatic imine (C=N–C) groups is 1. The number of allylic oxidation sites excluding steroid dienone is 3. The molecule has 2 aliphatic rings. The molecule has 0 aromatic carbocycles. The fourth-order valence-corrected chi connectivity index (χ4v) is 4.64. The van der Waals surface area contributed by atoms with E-state index >= 15 is 4.39 Å². The molecule has 2 fully saturated rings. The third kappa shape index (κ3) is 9.40. The number of imidazole rings is 1. The summed E-state index contributed by atoms with van der Waals surface area (Å²) in [6, 6.07) is 0.278. The monoisotopic (exact) mass is 530 g/mol. The van der Waals surface area contributed by atoms with E-state index in [1.807, 2.05) is 19.0 Å². The molecule has 2 N–H and O–H groups in total. The first kappa shape index (κ1) is 29.6. The Morgan fingerprint density at radius 3 is 2.71 bits per heavy atom. The van der Waals surface area contributed by atoms with Gasteiger partial charge in [0.15, 0.2) is 0 Å². The van der Waals surface area contributed by atoms with Crippen molar-refractivity contribution in [3.8, 4) is 6.01 Å². The standard InChI is InChI=1S/C28H43FN6O3/c1-5-8-23(31-20-35(30-4)18-17-34-15-7-16-34)11-14-25(29)27-21(3)32-28(33-27)38-24-12-9-22(10-13-24)19-26(36)37-6-2/h5,8,20,22,24,30H,1,3,6-7,9-19H2,2,4H3,(H,32,33)/b23-8?,27-25-,31-20-/t22-,24-. The topological polar surface area (TPSA) is 95.1 Å². The van der Waals surface area contributed by atoms with Gasteiger partial charge in [0, 0.05) is 38.7 Å². The Labute approximate surface area is 225 Å². The average Bonchev–Trinajstić information content (AvgIpc) is 3.24. The predicted molar refractivity (Wildman–Crippen MR) is 148 cm³/mol. The average molecular weight is 531 g/mol. The van der Waals surface area contributed by atoms with Gasteiger partial charge in [0.1, 0.15) is 23.6 Å². The highest BCUT2D eigenvalue weighted by Crippen LogP contribution is 2.29. The van der Waals surface area contributed by atoms with Crippen molar-refractivity contribution in [2.45, 2.75) is 64.4 Å². The third-order valence-electron chi connectivity index (χ3n) is 7.01. The van der Waals surface area contributed by atoms with Gasteiger partial charge in [-0.05, 0) is 70.5 Å². The third-order valence-corrected chi connectivity index (χ3v) is 7.01. The van der Waals surface area contributed by atoms with Crippen LogP contribution in [0.3, 0.4) is 0 Å². The van der Waals surface area contributed by atoms with Crippen LogP contribution in [0.25, 0.3) is 12.4 Å². The first-order valence-electron chi connectivity index (χ1n) is 13.7. The minimum Gasteiger partial charge on any atom is -0.466 e. The van der Waals surface area contributed by atoms with Gasteiger partial charge in [-0.25, -0.2) is 14.8 Å². The second-order valence-corrected chi connectivity index (χ2v) is 9.79. The van der Waals surface area contributed by atoms with Crippen LogP contribution in [-0.2, 0) is 9.53 Å². The number of hydrazine groups is 1. The number of ether oxygens (including phenoxy) is 2. The largest absolute Gasteiger partial charge is 0.466 e. The molecule has 1 aliphatic heterocycles. The number of hydrogen-bond acceptors (Lipinski definition) is 7. The molecule has 1 aromatic heterocycles. The summed E-state index contributed by atoms with van der Waals surface area (Å²) in [6.07, 6.45) is 10.8. The number of esters is 1. The Bertz CT molecular complexity index is 1070. The zero-order valence-electron chi connectivity index (χ0n) is 22.9. The van der Waals surface area contributed by atoms with Crippen molar-refractivity contribution in [3.05, 3.63) is 35.1 Å². The van der Waals surface area contributed by atoms with E-state index in [1.165, 1.54) is 6.42 Å². The Morgan fingerprint density at radius 1 is 1.32 bits per heavy atom. The molecule has 38 heavy (non-hydrogen) atoms. The molecule has 9 nitrogen and oxygen atoms in total. The normalized spacial score (nSPS) is 21.2. The van der Waals surface area contributed by atoms with Gasteiger partial charge >= 0.3 is 5.97 Å². The van der Waals surface area contributed by atoms with E-state index in [1.54, 1.807) is 18.5 Å². The minimum atomic E-state index is -0.368. The SMILES string of the molecule is C=CC=C(CC/C(F)=c1/nc(O[C@H]2CC[C@H](CC(=O)OCC)CC2)[nH]c1=C)/N=C\N(CCN1CCC1)NC. The molecule has 210 valence electrons. The molecular weight excluding hydrogens is 487 g/mol. The molecule has 0 radical (unpaired) electrons. The quantitative estimate of drug-likeness (QED) is 0.118. The van der Waals surface area contributed by atoms with E-state index in [-0.39, 0.29) is 35.7 Å². The molecular formula is C28H43FN6O3. The van der Waals surface area contributed by atoms with Crippen LogP contribution < -0.4 is 20.9 Å². The van der Waals surface area contributed by atoms with E-state index in [2.05, 4.69) is 38.4 Å². The molecule has 0 unspecified atom stereocenters. The summed E-state index contributed by atoms with van der Waals surface area (Å²) in [4.78, 5) is 26.0. The van der Waals surface area contributed by atoms with E-state index in [0.717, 1.165) is 57.6 Å². The molecule has 1 aromatic rings. The van der Waals surface area contributed by atoms with Crippen LogP contribution in [0.1, 0.15) is 58.3 Å². The fraction of sp³-hybridized carbons (Fsp3) is 0.607. The number of hydrogen-bond donors (Lipinski definition) is 2. The van der Waals surface area contributed by atoms with Crippen LogP contribution in [0, 0.1) is 5.92 Å². The van der Waals surface area contributed by atoms with Gasteiger partial charge in [0.25, 0.3) is 6.01 Å². The number of aromatic amines is 1. The number of aromatic nitrogens is 2. The van der Waals surface area contributed by atoms with Crippen LogP contribution in [0.2, 0.25) is 0 Å². The number of halogens is 1. The van der Waals surface area contributed by atoms with Gasteiger partial charge in [0.2, 0.25) is 0 Å². The lowest BCUT2D eigenvalue weighted by molar-refractivity contribution is -0.144. The maximum Gasteiger partial charge on any atom is 0.306 e. The number of H-pyrrole nitrogens is 1. The Balaban J connectivity index is 1.52. The fourth-order valence-electron chi connectivity index (χ4n) is 4.64. The number of rotatable bonds is 15. The Morgan fingerprint density at radius 2 is 2.08 bits per heavy atom. The molecule has 3 rings (SSSR count). The molecule has 0 amide bonds. The molecule has 0 spiro atoms. The summed E-state index contributed by atoms with van der Waals surface area (Å²) in [5.74, 6) is -0.192. The van der Waals surface area contributed by atoms with Crippen LogP contribution in [0.15, 0.2) is 29.4 Å². The van der Waals surface area contributed by atoms with Crippen LogP contribution >= 0.6 is 0 Å². The highest BCUT2D eigenvalue weighted by molar-refractivity contribution is 5.69. The van der Waals surface area contributed by atoms with E-state index in [0.29, 0.717) is 30.7 Å². The first-order valence-corrected chi connectivity index (χ1v) is 13.7. The highest BCUT2D eigenvalue weighted by atomic mass is 19.1. The van der Waals surface area contributed by atoms with Gasteiger partial charge in [-0.15, -0.1) is 0 Å². The number of carbonyl (C=O) groups excluding carboxylic acids is 1. The molecule has 2 heterocycles. The Hall–Kier alpha value is -2.98. The molecule has 1 saturated carbocycles. The number of carbonyl (C=O) groups is 1. The zero-order chi connectivity index (χ0) is 27.3. The molecule has 10 heteroatoms. The van der Waals surface area contributed by atoms with Crippen molar-refractivity contribution in [1.82, 2.24) is 25.3 Å². The lowest BCUT2D eigenvalue weighted by Crippen LogP contribution is -2.45. The second-order valence-electron chi connectivity index (χ2n) is 9.79. The molecule has 0 bridgehead atoms. The van der Waals surface area contributed by atoms with Gasteiger partial charge < -0.3 is 19.4 Å². The molecule has 1 saturated heterocycles. The number of likely N-dealkylation sites (tertiary alicyclic amines) is 1. The molecule has 1 aliphatic carbocycles. The van der Waals surface area contributed by atoms with Crippen molar-refractivity contribution in [1.29, 1.82) is 0 Å². The summed E-state index contributed by atoms with van der Waals surface area (Å²) in [6.45, 7) is 14.0. The van der Waals surface area contributed by atoms with E-state index < -0.39 is 0 Å². The summed E-state index contributed by atoms with van der Waals surface area (Å²) >= 11 is 0. The smallest absolute Gasteiger partial charge is 0.306 e. The predicted octanol–water partition coefficient (Wildman–Crippen LogP) is 2.81. The summed E-state index contributed by atoms with van der Waals surface area (Å²) < 4.78 is 26.2. The highest BCUT2D eigenvalue weighted by Gasteiger charge is 2.25. The van der Waals surface area contributed by atoms with Crippen molar-refractivity contribution in [3.63, 3.8) is 0 Å². The number of nitrogens with zero attached hydrogens (tertiary/aromatic N) is 4. The minimum absolute atomic E-state index is 0.0254. The van der Waals surface area contributed by atoms with Crippen molar-refractivity contribution in [2.24, 2.45) is 10.9 Å². The van der Waals surface area contributed by atoms with Gasteiger partial charge in [-0.1, -0.05) is 19.2 Å². The van der Waals surface area contributed by atoms with Crippen LogP contribution in [0.4, 0.5) is 4.39 Å². The molecule has 0 atom stereocenters. The maximum absolute atomic E-state index is 15.1. The lowest BCUT2D eigenvalue weighted by atomic mass is 9.85. The van der Waals surface area contributed by atoms with Crippen LogP contribution in [0.5, 0.6) is 6.01 Å². The number of nitrogens with one attached hydrogen (secondary N) is 2. The van der Waals surface area contributed by atoms with Gasteiger partial charge in [0.05, 0.1) is 12.0 Å². The van der Waals surface area contributed by atoms with E-state index in [9.17, 15) is 4.79 Å². The lowest BCUT2D eigenvalue weighted by Gasteiger charge is -2.32. The van der Waals surface area contributed by atoms with Crippen molar-refractivity contribution >= 4 is 24.7 Å². The Kier molecular flexibility index (Phi) is 12.0. The summed E-state index contributed by atoms with van der Waals surface area (Å²) in [7, 11) is 1.86. The van der Waals surface area contributed by atoms with E-state index in [4.69, 9.17) is 9.47 Å². The van der Waals surface area contributed by atoms with Crippen LogP contribution in [-0.4, -0.2) is 78.1 Å². The summed E-state index contributed by atoms with van der Waals surface area (Å²) in [5.41, 5.74) is 3.84. The maximum atomic E-state index is 15.1. The summed E-state index contributed by atoms with van der Waals surface area (Å²) in [5, 5.41) is 2.49. The second kappa shape index (κ2) is 15.4. The van der Waals surface area contributed by atoms with Crippen molar-refractivity contribution < 1.29 is 18.7 Å².